The van der Waals surface area contributed by atoms with Crippen molar-refractivity contribution in [3.8, 4) is 5.88 Å². The normalized spacial score (nSPS) is 8.00. The molecule has 1 aromatic heterocycles. The quantitative estimate of drug-likeness (QED) is 0.569. The van der Waals surface area contributed by atoms with Crippen molar-refractivity contribution in [2.75, 3.05) is 5.73 Å². The van der Waals surface area contributed by atoms with Gasteiger partial charge in [0.05, 0.1) is 11.9 Å². The third-order valence-electron chi connectivity index (χ3n) is 0.771. The Kier molecular flexibility index (Phi) is 2.81. The Morgan fingerprint density at radius 1 is 1.44 bits per heavy atom. The Morgan fingerprint density at radius 3 is 2.44 bits per heavy atom. The average Bonchev–Trinajstić information content (AvgIpc) is 1.77. The molecule has 1 aromatic rings. The van der Waals surface area contributed by atoms with E-state index in [2.05, 4.69) is 4.98 Å². The summed E-state index contributed by atoms with van der Waals surface area (Å²) in [6.07, 6.45) is 1.40. The van der Waals surface area contributed by atoms with Crippen LogP contribution in [0.4, 0.5) is 5.69 Å². The maximum Gasteiger partial charge on any atom is 0.210 e. The number of aromatic hydroxyl groups is 1. The highest BCUT2D eigenvalue weighted by molar-refractivity contribution is 5.85. The van der Waals surface area contributed by atoms with E-state index in [4.69, 9.17) is 10.8 Å². The maximum absolute atomic E-state index is 8.59. The van der Waals surface area contributed by atoms with Crippen molar-refractivity contribution in [3.63, 3.8) is 0 Å². The molecule has 9 heavy (non-hydrogen) atoms. The topological polar surface area (TPSA) is 59.1 Å². The van der Waals surface area contributed by atoms with E-state index in [1.54, 1.807) is 6.07 Å². The standard InChI is InChI=1S/C5H6N2O.ClH/c6-4-1-2-5(8)7-3-4;/h1-3H,6H2,(H,7,8);1H. The zero-order chi connectivity index (χ0) is 5.98. The van der Waals surface area contributed by atoms with E-state index >= 15 is 0 Å². The Bertz CT molecular complexity index is 154. The van der Waals surface area contributed by atoms with Gasteiger partial charge in [0, 0.05) is 6.07 Å². The summed E-state index contributed by atoms with van der Waals surface area (Å²) in [5, 5.41) is 8.59. The van der Waals surface area contributed by atoms with Crippen LogP contribution in [0.2, 0.25) is 0 Å². The van der Waals surface area contributed by atoms with Gasteiger partial charge in [-0.3, -0.25) is 0 Å². The van der Waals surface area contributed by atoms with Crippen molar-refractivity contribution < 1.29 is 5.11 Å². The van der Waals surface area contributed by atoms with Crippen molar-refractivity contribution in [1.82, 2.24) is 4.98 Å². The number of rotatable bonds is 0. The van der Waals surface area contributed by atoms with E-state index < -0.39 is 0 Å². The Labute approximate surface area is 58.9 Å². The van der Waals surface area contributed by atoms with Crippen molar-refractivity contribution in [1.29, 1.82) is 0 Å². The van der Waals surface area contributed by atoms with Crippen LogP contribution in [-0.4, -0.2) is 10.1 Å². The van der Waals surface area contributed by atoms with E-state index in [-0.39, 0.29) is 18.3 Å². The average molecular weight is 147 g/mol. The van der Waals surface area contributed by atoms with Crippen LogP contribution in [0, 0.1) is 0 Å². The molecule has 0 bridgehead atoms. The van der Waals surface area contributed by atoms with E-state index in [0.717, 1.165) is 0 Å². The summed E-state index contributed by atoms with van der Waals surface area (Å²) < 4.78 is 0. The van der Waals surface area contributed by atoms with Gasteiger partial charge in [-0.1, -0.05) is 0 Å². The van der Waals surface area contributed by atoms with Crippen LogP contribution in [0.15, 0.2) is 18.3 Å². The van der Waals surface area contributed by atoms with Crippen LogP contribution in [0.25, 0.3) is 0 Å². The lowest BCUT2D eigenvalue weighted by molar-refractivity contribution is 0.453. The summed E-state index contributed by atoms with van der Waals surface area (Å²) in [4.78, 5) is 3.51. The first-order valence-electron chi connectivity index (χ1n) is 2.19. The molecule has 50 valence electrons. The van der Waals surface area contributed by atoms with Gasteiger partial charge >= 0.3 is 0 Å². The molecule has 0 aliphatic rings. The number of nitrogen functional groups attached to an aromatic ring is 1. The van der Waals surface area contributed by atoms with Crippen molar-refractivity contribution in [3.05, 3.63) is 18.3 Å². The molecule has 0 radical (unpaired) electrons. The SMILES string of the molecule is Cl.Nc1ccc(O)nc1. The molecule has 0 spiro atoms. The number of nitrogens with two attached hydrogens (primary N) is 1. The number of anilines is 1. The van der Waals surface area contributed by atoms with Crippen molar-refractivity contribution >= 4 is 18.1 Å². The fourth-order valence-electron chi connectivity index (χ4n) is 0.397. The predicted octanol–water partition coefficient (Wildman–Crippen LogP) is 0.791. The molecule has 0 atom stereocenters. The zero-order valence-electron chi connectivity index (χ0n) is 4.61. The molecule has 1 heterocycles. The van der Waals surface area contributed by atoms with Crippen LogP contribution >= 0.6 is 12.4 Å². The summed E-state index contributed by atoms with van der Waals surface area (Å²) in [6, 6.07) is 3.03. The first-order valence-corrected chi connectivity index (χ1v) is 2.19. The number of aromatic nitrogens is 1. The molecule has 0 saturated carbocycles. The van der Waals surface area contributed by atoms with Gasteiger partial charge in [0.25, 0.3) is 0 Å². The monoisotopic (exact) mass is 146 g/mol. The third-order valence-corrected chi connectivity index (χ3v) is 0.771. The molecule has 0 aliphatic carbocycles. The fourth-order valence-corrected chi connectivity index (χ4v) is 0.397. The molecule has 0 aromatic carbocycles. The first-order chi connectivity index (χ1) is 3.79. The van der Waals surface area contributed by atoms with Crippen LogP contribution in [-0.2, 0) is 0 Å². The molecule has 0 amide bonds. The number of hydrogen-bond acceptors (Lipinski definition) is 3. The summed E-state index contributed by atoms with van der Waals surface area (Å²) in [5.41, 5.74) is 5.81. The summed E-state index contributed by atoms with van der Waals surface area (Å²) in [6.45, 7) is 0. The Morgan fingerprint density at radius 2 is 2.11 bits per heavy atom. The predicted molar refractivity (Wildman–Crippen MR) is 37.6 cm³/mol. The minimum Gasteiger partial charge on any atom is -0.493 e. The number of halogens is 1. The molecular weight excluding hydrogens is 140 g/mol. The van der Waals surface area contributed by atoms with Gasteiger partial charge in [0.2, 0.25) is 5.88 Å². The van der Waals surface area contributed by atoms with E-state index in [9.17, 15) is 0 Å². The summed E-state index contributed by atoms with van der Waals surface area (Å²) in [5.74, 6) is -0.000741. The highest BCUT2D eigenvalue weighted by Gasteiger charge is 1.84. The second-order valence-corrected chi connectivity index (χ2v) is 1.45. The van der Waals surface area contributed by atoms with Gasteiger partial charge in [-0.15, -0.1) is 12.4 Å². The van der Waals surface area contributed by atoms with E-state index in [1.165, 1.54) is 12.3 Å². The molecule has 0 aliphatic heterocycles. The largest absolute Gasteiger partial charge is 0.493 e. The molecule has 3 nitrogen and oxygen atoms in total. The summed E-state index contributed by atoms with van der Waals surface area (Å²) >= 11 is 0. The van der Waals surface area contributed by atoms with Gasteiger partial charge in [-0.05, 0) is 6.07 Å². The van der Waals surface area contributed by atoms with Crippen LogP contribution in [0.1, 0.15) is 0 Å². The van der Waals surface area contributed by atoms with E-state index in [0.29, 0.717) is 5.69 Å². The number of nitrogens with zero attached hydrogens (tertiary/aromatic N) is 1. The van der Waals surface area contributed by atoms with Crippen LogP contribution < -0.4 is 5.73 Å². The second-order valence-electron chi connectivity index (χ2n) is 1.45. The van der Waals surface area contributed by atoms with Gasteiger partial charge in [0.1, 0.15) is 0 Å². The Hall–Kier alpha value is -0.960. The minimum absolute atomic E-state index is 0. The van der Waals surface area contributed by atoms with Crippen molar-refractivity contribution in [2.24, 2.45) is 0 Å². The highest BCUT2D eigenvalue weighted by atomic mass is 35.5. The second kappa shape index (κ2) is 3.14. The van der Waals surface area contributed by atoms with Gasteiger partial charge in [-0.25, -0.2) is 4.98 Å². The van der Waals surface area contributed by atoms with Crippen LogP contribution in [0.5, 0.6) is 5.88 Å². The molecule has 0 fully saturated rings. The number of pyridine rings is 1. The lowest BCUT2D eigenvalue weighted by Crippen LogP contribution is -1.83. The lowest BCUT2D eigenvalue weighted by atomic mass is 10.4. The highest BCUT2D eigenvalue weighted by Crippen LogP contribution is 2.04. The first kappa shape index (κ1) is 8.04. The molecular formula is C5H7ClN2O. The fraction of sp³-hybridized carbons (Fsp3) is 0. The van der Waals surface area contributed by atoms with Crippen LogP contribution in [0.3, 0.4) is 0 Å². The van der Waals surface area contributed by atoms with E-state index in [1.807, 2.05) is 0 Å². The molecule has 0 saturated heterocycles. The summed E-state index contributed by atoms with van der Waals surface area (Å²) in [7, 11) is 0. The number of hydrogen-bond donors (Lipinski definition) is 2. The molecule has 4 heteroatoms. The molecule has 1 rings (SSSR count). The van der Waals surface area contributed by atoms with Gasteiger partial charge in [0.15, 0.2) is 0 Å². The van der Waals surface area contributed by atoms with Crippen molar-refractivity contribution in [2.45, 2.75) is 0 Å². The Balaban J connectivity index is 0.000000640. The minimum atomic E-state index is -0.000741. The third kappa shape index (κ3) is 2.19. The molecule has 0 unspecified atom stereocenters. The van der Waals surface area contributed by atoms with Gasteiger partial charge < -0.3 is 10.8 Å². The zero-order valence-corrected chi connectivity index (χ0v) is 5.43. The maximum atomic E-state index is 8.59. The van der Waals surface area contributed by atoms with Gasteiger partial charge in [-0.2, -0.15) is 0 Å². The smallest absolute Gasteiger partial charge is 0.210 e. The molecule has 3 N–H and O–H groups in total. The lowest BCUT2D eigenvalue weighted by Gasteiger charge is -1.88.